The lowest BCUT2D eigenvalue weighted by Crippen LogP contribution is -2.33. The van der Waals surface area contributed by atoms with Crippen molar-refractivity contribution in [3.63, 3.8) is 0 Å². The number of ether oxygens (including phenoxy) is 1. The van der Waals surface area contributed by atoms with E-state index in [0.717, 1.165) is 0 Å². The highest BCUT2D eigenvalue weighted by atomic mass is 35.5. The van der Waals surface area contributed by atoms with Crippen LogP contribution in [0.5, 0.6) is 0 Å². The molecule has 15 heavy (non-hydrogen) atoms. The van der Waals surface area contributed by atoms with E-state index in [1.807, 2.05) is 0 Å². The van der Waals surface area contributed by atoms with Crippen LogP contribution in [0.2, 0.25) is 5.15 Å². The van der Waals surface area contributed by atoms with Gasteiger partial charge >= 0.3 is 5.97 Å². The van der Waals surface area contributed by atoms with Gasteiger partial charge in [0.25, 0.3) is 0 Å². The predicted molar refractivity (Wildman–Crippen MR) is 57.4 cm³/mol. The summed E-state index contributed by atoms with van der Waals surface area (Å²) in [5.74, 6) is -0.492. The predicted octanol–water partition coefficient (Wildman–Crippen LogP) is 0.360. The van der Waals surface area contributed by atoms with Crippen LogP contribution in [0.25, 0.3) is 0 Å². The molecule has 82 valence electrons. The number of hydrogen-bond donors (Lipinski definition) is 2. The lowest BCUT2D eigenvalue weighted by atomic mass is 10.1. The minimum absolute atomic E-state index is 0.254. The number of carbonyl (C=O) groups excluding carboxylic acids is 1. The van der Waals surface area contributed by atoms with E-state index in [0.29, 0.717) is 16.4 Å². The molecule has 4 N–H and O–H groups in total. The van der Waals surface area contributed by atoms with Crippen molar-refractivity contribution in [2.24, 2.45) is 5.73 Å². The maximum atomic E-state index is 11.1. The van der Waals surface area contributed by atoms with Crippen LogP contribution < -0.4 is 11.5 Å². The van der Waals surface area contributed by atoms with Gasteiger partial charge in [0.1, 0.15) is 11.2 Å². The molecule has 1 heterocycles. The molecule has 0 fully saturated rings. The fraction of sp³-hybridized carbons (Fsp3) is 0.333. The van der Waals surface area contributed by atoms with Crippen LogP contribution in [0.4, 0.5) is 5.69 Å². The first kappa shape index (κ1) is 11.7. The fourth-order valence-corrected chi connectivity index (χ4v) is 1.31. The molecule has 6 heteroatoms. The molecular formula is C9H12ClN3O2. The normalized spacial score (nSPS) is 12.2. The first-order valence-electron chi connectivity index (χ1n) is 4.28. The molecule has 0 aliphatic rings. The van der Waals surface area contributed by atoms with E-state index in [1.165, 1.54) is 13.3 Å². The fourth-order valence-electron chi connectivity index (χ4n) is 1.13. The smallest absolute Gasteiger partial charge is 0.322 e. The lowest BCUT2D eigenvalue weighted by Gasteiger charge is -2.10. The van der Waals surface area contributed by atoms with E-state index in [1.54, 1.807) is 6.07 Å². The molecule has 0 aliphatic carbocycles. The van der Waals surface area contributed by atoms with Crippen molar-refractivity contribution in [2.45, 2.75) is 12.5 Å². The van der Waals surface area contributed by atoms with Crippen LogP contribution in [0, 0.1) is 0 Å². The number of esters is 1. The Hall–Kier alpha value is -1.33. The van der Waals surface area contributed by atoms with Gasteiger partial charge in [-0.25, -0.2) is 4.98 Å². The van der Waals surface area contributed by atoms with Crippen LogP contribution in [0.15, 0.2) is 12.3 Å². The van der Waals surface area contributed by atoms with Crippen molar-refractivity contribution in [2.75, 3.05) is 12.8 Å². The molecule has 1 rings (SSSR count). The molecule has 1 atom stereocenters. The highest BCUT2D eigenvalue weighted by Crippen LogP contribution is 2.17. The molecule has 0 saturated heterocycles. The van der Waals surface area contributed by atoms with E-state index in [-0.39, 0.29) is 6.42 Å². The largest absolute Gasteiger partial charge is 0.468 e. The quantitative estimate of drug-likeness (QED) is 0.577. The summed E-state index contributed by atoms with van der Waals surface area (Å²) in [6.07, 6.45) is 1.69. The summed E-state index contributed by atoms with van der Waals surface area (Å²) >= 11 is 5.81. The van der Waals surface area contributed by atoms with E-state index in [2.05, 4.69) is 9.72 Å². The molecule has 0 bridgehead atoms. The Morgan fingerprint density at radius 1 is 1.73 bits per heavy atom. The first-order valence-corrected chi connectivity index (χ1v) is 4.65. The molecule has 0 aliphatic heterocycles. The third-order valence-corrected chi connectivity index (χ3v) is 2.22. The minimum atomic E-state index is -0.754. The van der Waals surface area contributed by atoms with Gasteiger partial charge in [0.05, 0.1) is 19.0 Å². The second-order valence-electron chi connectivity index (χ2n) is 3.05. The molecular weight excluding hydrogens is 218 g/mol. The van der Waals surface area contributed by atoms with Crippen LogP contribution in [0.1, 0.15) is 5.56 Å². The number of pyridine rings is 1. The van der Waals surface area contributed by atoms with E-state index >= 15 is 0 Å². The van der Waals surface area contributed by atoms with Crippen molar-refractivity contribution in [3.05, 3.63) is 23.0 Å². The van der Waals surface area contributed by atoms with Gasteiger partial charge in [-0.2, -0.15) is 0 Å². The molecule has 0 aromatic carbocycles. The highest BCUT2D eigenvalue weighted by molar-refractivity contribution is 6.30. The van der Waals surface area contributed by atoms with Crippen molar-refractivity contribution < 1.29 is 9.53 Å². The Morgan fingerprint density at radius 3 is 3.00 bits per heavy atom. The summed E-state index contributed by atoms with van der Waals surface area (Å²) in [6, 6.07) is 0.883. The van der Waals surface area contributed by atoms with Crippen LogP contribution >= 0.6 is 11.6 Å². The van der Waals surface area contributed by atoms with Crippen molar-refractivity contribution in [1.82, 2.24) is 4.98 Å². The molecule has 0 radical (unpaired) electrons. The van der Waals surface area contributed by atoms with Crippen LogP contribution in [-0.2, 0) is 16.0 Å². The number of nitrogens with two attached hydrogens (primary N) is 2. The summed E-state index contributed by atoms with van der Waals surface area (Å²) in [5.41, 5.74) is 12.2. The number of hydrogen-bond acceptors (Lipinski definition) is 5. The zero-order valence-electron chi connectivity index (χ0n) is 8.24. The zero-order chi connectivity index (χ0) is 11.4. The van der Waals surface area contributed by atoms with Gasteiger partial charge in [0.15, 0.2) is 0 Å². The summed E-state index contributed by atoms with van der Waals surface area (Å²) in [5, 5.41) is 0.295. The van der Waals surface area contributed by atoms with Gasteiger partial charge < -0.3 is 16.2 Å². The van der Waals surface area contributed by atoms with Gasteiger partial charge in [-0.15, -0.1) is 0 Å². The Balaban J connectivity index is 2.80. The van der Waals surface area contributed by atoms with Crippen LogP contribution in [0.3, 0.4) is 0 Å². The van der Waals surface area contributed by atoms with Gasteiger partial charge in [0.2, 0.25) is 0 Å². The first-order chi connectivity index (χ1) is 7.04. The standard InChI is InChI=1S/C9H12ClN3O2/c1-15-9(14)7(12)3-5-2-6(11)4-13-8(5)10/h2,4,7H,3,11-12H2,1H3/t7-/m0/s1. The van der Waals surface area contributed by atoms with Crippen molar-refractivity contribution >= 4 is 23.3 Å². The Bertz CT molecular complexity index is 370. The highest BCUT2D eigenvalue weighted by Gasteiger charge is 2.16. The molecule has 5 nitrogen and oxygen atoms in total. The average molecular weight is 230 g/mol. The van der Waals surface area contributed by atoms with E-state index in [9.17, 15) is 4.79 Å². The van der Waals surface area contributed by atoms with Gasteiger partial charge in [-0.3, -0.25) is 4.79 Å². The molecule has 0 amide bonds. The third-order valence-electron chi connectivity index (χ3n) is 1.88. The average Bonchev–Trinajstić information content (AvgIpc) is 2.22. The number of halogens is 1. The second-order valence-corrected chi connectivity index (χ2v) is 3.41. The maximum Gasteiger partial charge on any atom is 0.322 e. The van der Waals surface area contributed by atoms with Crippen molar-refractivity contribution in [3.8, 4) is 0 Å². The molecule has 1 aromatic rings. The number of nitrogen functional groups attached to an aromatic ring is 1. The van der Waals surface area contributed by atoms with Gasteiger partial charge in [0, 0.05) is 6.42 Å². The topological polar surface area (TPSA) is 91.2 Å². The molecule has 1 aromatic heterocycles. The Labute approximate surface area is 92.4 Å². The number of anilines is 1. The molecule has 0 spiro atoms. The summed E-state index contributed by atoms with van der Waals surface area (Å²) in [6.45, 7) is 0. The molecule has 0 saturated carbocycles. The number of rotatable bonds is 3. The maximum absolute atomic E-state index is 11.1. The number of methoxy groups -OCH3 is 1. The minimum Gasteiger partial charge on any atom is -0.468 e. The van der Waals surface area contributed by atoms with Gasteiger partial charge in [-0.1, -0.05) is 11.6 Å². The second kappa shape index (κ2) is 4.95. The lowest BCUT2D eigenvalue weighted by molar-refractivity contribution is -0.142. The molecule has 0 unspecified atom stereocenters. The summed E-state index contributed by atoms with van der Waals surface area (Å²) in [4.78, 5) is 14.9. The summed E-state index contributed by atoms with van der Waals surface area (Å²) in [7, 11) is 1.28. The summed E-state index contributed by atoms with van der Waals surface area (Å²) < 4.78 is 4.50. The zero-order valence-corrected chi connectivity index (χ0v) is 8.99. The third kappa shape index (κ3) is 3.07. The SMILES string of the molecule is COC(=O)[C@@H](N)Cc1cc(N)cnc1Cl. The van der Waals surface area contributed by atoms with Gasteiger partial charge in [-0.05, 0) is 11.6 Å². The Morgan fingerprint density at radius 2 is 2.40 bits per heavy atom. The van der Waals surface area contributed by atoms with Crippen molar-refractivity contribution in [1.29, 1.82) is 0 Å². The van der Waals surface area contributed by atoms with E-state index < -0.39 is 12.0 Å². The van der Waals surface area contributed by atoms with Crippen LogP contribution in [-0.4, -0.2) is 24.1 Å². The monoisotopic (exact) mass is 229 g/mol. The number of carbonyl (C=O) groups is 1. The van der Waals surface area contributed by atoms with E-state index in [4.69, 9.17) is 23.1 Å². The number of aromatic nitrogens is 1. The number of nitrogens with zero attached hydrogens (tertiary/aromatic N) is 1. The Kier molecular flexibility index (Phi) is 3.88.